The van der Waals surface area contributed by atoms with Crippen molar-refractivity contribution in [2.24, 2.45) is 11.1 Å². The van der Waals surface area contributed by atoms with Crippen molar-refractivity contribution in [1.29, 1.82) is 5.26 Å². The molecule has 0 spiro atoms. The number of hydrogen-bond donors (Lipinski definition) is 1. The monoisotopic (exact) mass is 269 g/mol. The van der Waals surface area contributed by atoms with Crippen molar-refractivity contribution in [3.8, 4) is 6.07 Å². The Bertz CT molecular complexity index is 298. The number of amides is 1. The average Bonchev–Trinajstić information content (AvgIpc) is 2.36. The molecule has 5 heteroatoms. The summed E-state index contributed by atoms with van der Waals surface area (Å²) in [4.78, 5) is 13.8. The maximum absolute atomic E-state index is 12.1. The maximum Gasteiger partial charge on any atom is 0.222 e. The van der Waals surface area contributed by atoms with E-state index in [1.807, 2.05) is 0 Å². The predicted octanol–water partition coefficient (Wildman–Crippen LogP) is 1.53. The van der Waals surface area contributed by atoms with E-state index in [0.29, 0.717) is 39.1 Å². The SMILES string of the molecule is COCCN(CCC#N)C(=O)CCC(C)(C)CCN. The largest absolute Gasteiger partial charge is 0.383 e. The first-order valence-electron chi connectivity index (χ1n) is 6.80. The number of nitriles is 1. The molecule has 0 fully saturated rings. The van der Waals surface area contributed by atoms with E-state index in [9.17, 15) is 4.79 Å². The van der Waals surface area contributed by atoms with E-state index in [1.54, 1.807) is 12.0 Å². The highest BCUT2D eigenvalue weighted by molar-refractivity contribution is 5.76. The molecule has 0 aliphatic heterocycles. The van der Waals surface area contributed by atoms with E-state index < -0.39 is 0 Å². The summed E-state index contributed by atoms with van der Waals surface area (Å²) < 4.78 is 4.99. The molecule has 1 amide bonds. The summed E-state index contributed by atoms with van der Waals surface area (Å²) in [5.41, 5.74) is 5.65. The first kappa shape index (κ1) is 17.9. The molecule has 0 aliphatic rings. The Balaban J connectivity index is 4.26. The van der Waals surface area contributed by atoms with Gasteiger partial charge in [0.15, 0.2) is 0 Å². The number of methoxy groups -OCH3 is 1. The van der Waals surface area contributed by atoms with Gasteiger partial charge in [-0.15, -0.1) is 0 Å². The highest BCUT2D eigenvalue weighted by Crippen LogP contribution is 2.26. The van der Waals surface area contributed by atoms with Gasteiger partial charge in [-0.25, -0.2) is 0 Å². The molecule has 0 saturated heterocycles. The Morgan fingerprint density at radius 2 is 2.05 bits per heavy atom. The lowest BCUT2D eigenvalue weighted by atomic mass is 9.84. The highest BCUT2D eigenvalue weighted by Gasteiger charge is 2.20. The van der Waals surface area contributed by atoms with Crippen LogP contribution >= 0.6 is 0 Å². The van der Waals surface area contributed by atoms with Crippen LogP contribution in [0.15, 0.2) is 0 Å². The third-order valence-corrected chi connectivity index (χ3v) is 3.25. The van der Waals surface area contributed by atoms with Crippen molar-refractivity contribution in [3.63, 3.8) is 0 Å². The molecule has 0 heterocycles. The molecule has 0 aromatic rings. The van der Waals surface area contributed by atoms with E-state index in [2.05, 4.69) is 19.9 Å². The molecule has 0 saturated carbocycles. The van der Waals surface area contributed by atoms with Crippen LogP contribution in [-0.4, -0.2) is 44.2 Å². The van der Waals surface area contributed by atoms with E-state index in [0.717, 1.165) is 12.8 Å². The fraction of sp³-hybridized carbons (Fsp3) is 0.857. The van der Waals surface area contributed by atoms with Gasteiger partial charge in [0.25, 0.3) is 0 Å². The van der Waals surface area contributed by atoms with Crippen LogP contribution in [0.1, 0.15) is 39.5 Å². The lowest BCUT2D eigenvalue weighted by Crippen LogP contribution is -2.35. The zero-order valence-corrected chi connectivity index (χ0v) is 12.4. The van der Waals surface area contributed by atoms with Gasteiger partial charge in [-0.05, 0) is 24.8 Å². The van der Waals surface area contributed by atoms with Gasteiger partial charge in [0.2, 0.25) is 5.91 Å². The second-order valence-corrected chi connectivity index (χ2v) is 5.48. The second-order valence-electron chi connectivity index (χ2n) is 5.48. The van der Waals surface area contributed by atoms with Gasteiger partial charge in [-0.2, -0.15) is 5.26 Å². The number of nitrogens with zero attached hydrogens (tertiary/aromatic N) is 2. The summed E-state index contributed by atoms with van der Waals surface area (Å²) in [7, 11) is 1.61. The number of nitrogens with two attached hydrogens (primary N) is 1. The number of carbonyl (C=O) groups is 1. The van der Waals surface area contributed by atoms with Gasteiger partial charge in [-0.3, -0.25) is 4.79 Å². The molecule has 0 unspecified atom stereocenters. The summed E-state index contributed by atoms with van der Waals surface area (Å²) in [6.45, 7) is 6.43. The molecule has 110 valence electrons. The molecule has 0 aliphatic carbocycles. The summed E-state index contributed by atoms with van der Waals surface area (Å²) in [5.74, 6) is 0.0948. The molecule has 0 rings (SSSR count). The third-order valence-electron chi connectivity index (χ3n) is 3.25. The first-order chi connectivity index (χ1) is 8.96. The smallest absolute Gasteiger partial charge is 0.222 e. The van der Waals surface area contributed by atoms with Crippen LogP contribution < -0.4 is 5.73 Å². The Kier molecular flexibility index (Phi) is 9.19. The van der Waals surface area contributed by atoms with E-state index >= 15 is 0 Å². The van der Waals surface area contributed by atoms with Crippen LogP contribution in [0.3, 0.4) is 0 Å². The van der Waals surface area contributed by atoms with Gasteiger partial charge in [-0.1, -0.05) is 13.8 Å². The molecular weight excluding hydrogens is 242 g/mol. The van der Waals surface area contributed by atoms with Crippen LogP contribution in [0.25, 0.3) is 0 Å². The van der Waals surface area contributed by atoms with Gasteiger partial charge in [0, 0.05) is 26.6 Å². The molecule has 0 aromatic carbocycles. The van der Waals surface area contributed by atoms with Crippen LogP contribution in [0.2, 0.25) is 0 Å². The summed E-state index contributed by atoms with van der Waals surface area (Å²) >= 11 is 0. The molecule has 0 atom stereocenters. The lowest BCUT2D eigenvalue weighted by Gasteiger charge is -2.26. The van der Waals surface area contributed by atoms with Crippen molar-refractivity contribution >= 4 is 5.91 Å². The number of ether oxygens (including phenoxy) is 1. The minimum Gasteiger partial charge on any atom is -0.383 e. The Morgan fingerprint density at radius 1 is 1.37 bits per heavy atom. The lowest BCUT2D eigenvalue weighted by molar-refractivity contribution is -0.132. The zero-order chi connectivity index (χ0) is 14.7. The molecule has 5 nitrogen and oxygen atoms in total. The van der Waals surface area contributed by atoms with Crippen LogP contribution in [0.4, 0.5) is 0 Å². The van der Waals surface area contributed by atoms with Gasteiger partial charge >= 0.3 is 0 Å². The average molecular weight is 269 g/mol. The maximum atomic E-state index is 12.1. The highest BCUT2D eigenvalue weighted by atomic mass is 16.5. The molecular formula is C14H27N3O2. The number of rotatable bonds is 10. The second kappa shape index (κ2) is 9.76. The quantitative estimate of drug-likeness (QED) is 0.652. The molecule has 0 radical (unpaired) electrons. The number of carbonyl (C=O) groups excluding carboxylic acids is 1. The molecule has 0 bridgehead atoms. The Labute approximate surface area is 116 Å². The van der Waals surface area contributed by atoms with Crippen molar-refractivity contribution in [1.82, 2.24) is 4.90 Å². The van der Waals surface area contributed by atoms with Crippen molar-refractivity contribution < 1.29 is 9.53 Å². The fourth-order valence-corrected chi connectivity index (χ4v) is 1.87. The van der Waals surface area contributed by atoms with E-state index in [4.69, 9.17) is 15.7 Å². The van der Waals surface area contributed by atoms with E-state index in [1.165, 1.54) is 0 Å². The zero-order valence-electron chi connectivity index (χ0n) is 12.4. The number of hydrogen-bond acceptors (Lipinski definition) is 4. The minimum atomic E-state index is 0.0898. The molecule has 19 heavy (non-hydrogen) atoms. The van der Waals surface area contributed by atoms with Gasteiger partial charge < -0.3 is 15.4 Å². The molecule has 0 aromatic heterocycles. The summed E-state index contributed by atoms with van der Waals surface area (Å²) in [6.07, 6.45) is 2.60. The molecule has 2 N–H and O–H groups in total. The Morgan fingerprint density at radius 3 is 2.58 bits per heavy atom. The third kappa shape index (κ3) is 8.57. The first-order valence-corrected chi connectivity index (χ1v) is 6.80. The van der Waals surface area contributed by atoms with Gasteiger partial charge in [0.1, 0.15) is 0 Å². The van der Waals surface area contributed by atoms with Crippen molar-refractivity contribution in [2.45, 2.75) is 39.5 Å². The van der Waals surface area contributed by atoms with Crippen molar-refractivity contribution in [3.05, 3.63) is 0 Å². The fourth-order valence-electron chi connectivity index (χ4n) is 1.87. The normalized spacial score (nSPS) is 11.1. The van der Waals surface area contributed by atoms with Crippen LogP contribution in [0, 0.1) is 16.7 Å². The van der Waals surface area contributed by atoms with E-state index in [-0.39, 0.29) is 11.3 Å². The predicted molar refractivity (Wildman–Crippen MR) is 75.4 cm³/mol. The minimum absolute atomic E-state index is 0.0898. The summed E-state index contributed by atoms with van der Waals surface area (Å²) in [6, 6.07) is 2.07. The van der Waals surface area contributed by atoms with Crippen LogP contribution in [-0.2, 0) is 9.53 Å². The topological polar surface area (TPSA) is 79.3 Å². The van der Waals surface area contributed by atoms with Gasteiger partial charge in [0.05, 0.1) is 19.1 Å². The van der Waals surface area contributed by atoms with Crippen molar-refractivity contribution in [2.75, 3.05) is 33.4 Å². The summed E-state index contributed by atoms with van der Waals surface area (Å²) in [5, 5.41) is 8.62. The Hall–Kier alpha value is -1.12. The standard InChI is InChI=1S/C14H27N3O2/c1-14(2,7-9-16)6-5-13(18)17(10-4-8-15)11-12-19-3/h4-7,9-12,16H2,1-3H3. The van der Waals surface area contributed by atoms with Crippen LogP contribution in [0.5, 0.6) is 0 Å².